The van der Waals surface area contributed by atoms with Crippen molar-refractivity contribution in [1.29, 1.82) is 5.26 Å². The van der Waals surface area contributed by atoms with Crippen LogP contribution in [0.2, 0.25) is 0 Å². The minimum Gasteiger partial charge on any atom is -0.492 e. The number of nitriles is 1. The summed E-state index contributed by atoms with van der Waals surface area (Å²) in [5.41, 5.74) is 1.64. The van der Waals surface area contributed by atoms with E-state index in [1.54, 1.807) is 31.3 Å². The SMILES string of the molecule is Cc1nn(-c2ccccc2)c(O)c1N=Nc1c(C#N)cnn1-c1ccccn1. The van der Waals surface area contributed by atoms with Crippen LogP contribution in [0.25, 0.3) is 11.5 Å². The van der Waals surface area contributed by atoms with E-state index in [0.717, 1.165) is 0 Å². The number of pyridine rings is 1. The number of nitrogens with zero attached hydrogens (tertiary/aromatic N) is 8. The maximum Gasteiger partial charge on any atom is 0.243 e. The number of para-hydroxylation sites is 1. The molecule has 1 N–H and O–H groups in total. The van der Waals surface area contributed by atoms with Crippen molar-refractivity contribution in [3.8, 4) is 23.5 Å². The van der Waals surface area contributed by atoms with Crippen molar-refractivity contribution < 1.29 is 5.11 Å². The van der Waals surface area contributed by atoms with Crippen LogP contribution in [0, 0.1) is 18.3 Å². The highest BCUT2D eigenvalue weighted by molar-refractivity contribution is 5.56. The fourth-order valence-electron chi connectivity index (χ4n) is 2.63. The minimum atomic E-state index is -0.144. The van der Waals surface area contributed by atoms with Gasteiger partial charge in [0.2, 0.25) is 5.88 Å². The maximum absolute atomic E-state index is 10.6. The van der Waals surface area contributed by atoms with Crippen LogP contribution in [-0.4, -0.2) is 29.7 Å². The van der Waals surface area contributed by atoms with Gasteiger partial charge < -0.3 is 5.11 Å². The molecule has 3 aromatic heterocycles. The first-order valence-electron chi connectivity index (χ1n) is 8.34. The molecule has 0 aliphatic rings. The number of rotatable bonds is 4. The molecule has 0 spiro atoms. The Hall–Kier alpha value is -4.32. The fraction of sp³-hybridized carbons (Fsp3) is 0.0526. The standard InChI is InChI=1S/C19H14N8O/c1-13-17(19(28)26(25-13)15-7-3-2-4-8-15)23-24-18-14(11-20)12-22-27(18)16-9-5-6-10-21-16/h2-10,12,28H,1H3. The van der Waals surface area contributed by atoms with Gasteiger partial charge in [-0.25, -0.2) is 4.98 Å². The third-order valence-corrected chi connectivity index (χ3v) is 3.98. The molecule has 0 aliphatic heterocycles. The molecule has 28 heavy (non-hydrogen) atoms. The van der Waals surface area contributed by atoms with Gasteiger partial charge in [0.15, 0.2) is 17.3 Å². The van der Waals surface area contributed by atoms with E-state index in [-0.39, 0.29) is 22.9 Å². The molecule has 0 saturated heterocycles. The molecule has 9 nitrogen and oxygen atoms in total. The summed E-state index contributed by atoms with van der Waals surface area (Å²) in [6.45, 7) is 1.72. The summed E-state index contributed by atoms with van der Waals surface area (Å²) in [6.07, 6.45) is 3.01. The summed E-state index contributed by atoms with van der Waals surface area (Å²) in [4.78, 5) is 4.21. The summed E-state index contributed by atoms with van der Waals surface area (Å²) in [6, 6.07) is 16.5. The number of azo groups is 1. The van der Waals surface area contributed by atoms with Gasteiger partial charge >= 0.3 is 0 Å². The molecule has 136 valence electrons. The van der Waals surface area contributed by atoms with Crippen molar-refractivity contribution in [3.63, 3.8) is 0 Å². The van der Waals surface area contributed by atoms with Crippen LogP contribution in [0.15, 0.2) is 71.2 Å². The number of aromatic hydroxyl groups is 1. The lowest BCUT2D eigenvalue weighted by Crippen LogP contribution is -1.97. The molecule has 0 radical (unpaired) electrons. The second kappa shape index (κ2) is 7.13. The van der Waals surface area contributed by atoms with E-state index >= 15 is 0 Å². The number of aromatic nitrogens is 5. The molecule has 0 atom stereocenters. The van der Waals surface area contributed by atoms with Crippen molar-refractivity contribution in [2.24, 2.45) is 10.2 Å². The summed E-state index contributed by atoms with van der Waals surface area (Å²) in [5, 5.41) is 36.7. The molecule has 0 bridgehead atoms. The summed E-state index contributed by atoms with van der Waals surface area (Å²) >= 11 is 0. The number of aryl methyl sites for hydroxylation is 1. The van der Waals surface area contributed by atoms with Crippen molar-refractivity contribution in [2.75, 3.05) is 0 Å². The highest BCUT2D eigenvalue weighted by atomic mass is 16.3. The number of benzene rings is 1. The van der Waals surface area contributed by atoms with E-state index in [2.05, 4.69) is 25.4 Å². The van der Waals surface area contributed by atoms with Gasteiger partial charge in [-0.2, -0.15) is 24.8 Å². The number of hydrogen-bond acceptors (Lipinski definition) is 7. The minimum absolute atomic E-state index is 0.144. The fourth-order valence-corrected chi connectivity index (χ4v) is 2.63. The average molecular weight is 370 g/mol. The summed E-state index contributed by atoms with van der Waals surface area (Å²) in [7, 11) is 0. The van der Waals surface area contributed by atoms with E-state index in [9.17, 15) is 10.4 Å². The van der Waals surface area contributed by atoms with E-state index < -0.39 is 0 Å². The molecular formula is C19H14N8O. The smallest absolute Gasteiger partial charge is 0.243 e. The molecule has 0 unspecified atom stereocenters. The third-order valence-electron chi connectivity index (χ3n) is 3.98. The third kappa shape index (κ3) is 2.99. The molecule has 0 aliphatic carbocycles. The molecule has 0 fully saturated rings. The lowest BCUT2D eigenvalue weighted by molar-refractivity contribution is 0.434. The van der Waals surface area contributed by atoms with Gasteiger partial charge in [-0.15, -0.1) is 10.2 Å². The zero-order chi connectivity index (χ0) is 19.5. The Labute approximate surface area is 159 Å². The first kappa shape index (κ1) is 17.1. The van der Waals surface area contributed by atoms with E-state index in [1.807, 2.05) is 36.4 Å². The lowest BCUT2D eigenvalue weighted by atomic mass is 10.3. The molecule has 1 aromatic carbocycles. The lowest BCUT2D eigenvalue weighted by Gasteiger charge is -2.02. The van der Waals surface area contributed by atoms with Gasteiger partial charge in [-0.3, -0.25) is 0 Å². The Morgan fingerprint density at radius 3 is 2.54 bits per heavy atom. The molecule has 9 heteroatoms. The van der Waals surface area contributed by atoms with Crippen molar-refractivity contribution in [1.82, 2.24) is 24.5 Å². The van der Waals surface area contributed by atoms with Gasteiger partial charge in [-0.1, -0.05) is 24.3 Å². The van der Waals surface area contributed by atoms with Gasteiger partial charge in [0.05, 0.1) is 17.6 Å². The molecule has 4 rings (SSSR count). The Kier molecular flexibility index (Phi) is 4.35. The molecule has 0 amide bonds. The largest absolute Gasteiger partial charge is 0.492 e. The van der Waals surface area contributed by atoms with E-state index in [4.69, 9.17) is 0 Å². The van der Waals surface area contributed by atoms with E-state index in [1.165, 1.54) is 15.6 Å². The second-order valence-electron chi connectivity index (χ2n) is 5.80. The first-order chi connectivity index (χ1) is 13.7. The monoisotopic (exact) mass is 370 g/mol. The second-order valence-corrected chi connectivity index (χ2v) is 5.80. The van der Waals surface area contributed by atoms with Crippen LogP contribution in [0.3, 0.4) is 0 Å². The Morgan fingerprint density at radius 1 is 1.04 bits per heavy atom. The van der Waals surface area contributed by atoms with Crippen LogP contribution >= 0.6 is 0 Å². The van der Waals surface area contributed by atoms with Gasteiger partial charge in [0, 0.05) is 6.20 Å². The molecule has 0 saturated carbocycles. The zero-order valence-electron chi connectivity index (χ0n) is 14.8. The average Bonchev–Trinajstić information content (AvgIpc) is 3.28. The Bertz CT molecular complexity index is 1190. The van der Waals surface area contributed by atoms with E-state index in [0.29, 0.717) is 17.2 Å². The van der Waals surface area contributed by atoms with Crippen LogP contribution in [0.1, 0.15) is 11.3 Å². The first-order valence-corrected chi connectivity index (χ1v) is 8.34. The van der Waals surface area contributed by atoms with Gasteiger partial charge in [-0.05, 0) is 31.2 Å². The molecular weight excluding hydrogens is 356 g/mol. The van der Waals surface area contributed by atoms with Crippen molar-refractivity contribution >= 4 is 11.5 Å². The van der Waals surface area contributed by atoms with Crippen molar-refractivity contribution in [2.45, 2.75) is 6.92 Å². The Morgan fingerprint density at radius 2 is 1.82 bits per heavy atom. The highest BCUT2D eigenvalue weighted by Gasteiger charge is 2.17. The maximum atomic E-state index is 10.6. The molecule has 4 aromatic rings. The van der Waals surface area contributed by atoms with Crippen LogP contribution in [-0.2, 0) is 0 Å². The van der Waals surface area contributed by atoms with Gasteiger partial charge in [0.1, 0.15) is 11.6 Å². The van der Waals surface area contributed by atoms with Crippen LogP contribution in [0.4, 0.5) is 11.5 Å². The predicted molar refractivity (Wildman–Crippen MR) is 100 cm³/mol. The van der Waals surface area contributed by atoms with Crippen molar-refractivity contribution in [3.05, 3.63) is 72.2 Å². The quantitative estimate of drug-likeness (QED) is 0.549. The Balaban J connectivity index is 1.76. The van der Waals surface area contributed by atoms with Gasteiger partial charge in [0.25, 0.3) is 0 Å². The van der Waals surface area contributed by atoms with Crippen LogP contribution in [0.5, 0.6) is 5.88 Å². The zero-order valence-corrected chi connectivity index (χ0v) is 14.8. The summed E-state index contributed by atoms with van der Waals surface area (Å²) < 4.78 is 2.79. The number of hydrogen-bond donors (Lipinski definition) is 1. The predicted octanol–water partition coefficient (Wildman–Crippen LogP) is 3.75. The normalized spacial score (nSPS) is 11.0. The highest BCUT2D eigenvalue weighted by Crippen LogP contribution is 2.34. The summed E-state index contributed by atoms with van der Waals surface area (Å²) in [5.74, 6) is 0.571. The molecule has 3 heterocycles. The topological polar surface area (TPSA) is 117 Å². The van der Waals surface area contributed by atoms with Crippen LogP contribution < -0.4 is 0 Å².